The molecular weight excluding hydrogens is 362 g/mol. The lowest BCUT2D eigenvalue weighted by molar-refractivity contribution is -0.384. The minimum atomic E-state index is -0.702. The molecule has 0 aliphatic heterocycles. The fourth-order valence-electron chi connectivity index (χ4n) is 3.38. The van der Waals surface area contributed by atoms with Gasteiger partial charge >= 0.3 is 0 Å². The molecule has 0 fully saturated rings. The van der Waals surface area contributed by atoms with Crippen molar-refractivity contribution in [3.05, 3.63) is 76.1 Å². The highest BCUT2D eigenvalue weighted by atomic mass is 16.6. The Morgan fingerprint density at radius 1 is 0.929 bits per heavy atom. The minimum Gasteiger partial charge on any atom is -0.285 e. The summed E-state index contributed by atoms with van der Waals surface area (Å²) in [5, 5.41) is 15.1. The van der Waals surface area contributed by atoms with Crippen LogP contribution in [0.25, 0.3) is 28.3 Å². The van der Waals surface area contributed by atoms with Gasteiger partial charge in [-0.05, 0) is 12.1 Å². The Morgan fingerprint density at radius 2 is 1.64 bits per heavy atom. The summed E-state index contributed by atoms with van der Waals surface area (Å²) in [6.45, 7) is 0. The van der Waals surface area contributed by atoms with Gasteiger partial charge in [-0.25, -0.2) is 4.98 Å². The number of nitro groups is 1. The lowest BCUT2D eigenvalue weighted by Gasteiger charge is -2.20. The van der Waals surface area contributed by atoms with Crippen molar-refractivity contribution in [1.29, 1.82) is 0 Å². The van der Waals surface area contributed by atoms with Crippen molar-refractivity contribution < 1.29 is 14.5 Å². The number of nitro benzene ring substituents is 1. The molecule has 2 heterocycles. The van der Waals surface area contributed by atoms with E-state index < -0.39 is 16.5 Å². The summed E-state index contributed by atoms with van der Waals surface area (Å²) in [6, 6.07) is 12.4. The first-order valence-electron chi connectivity index (χ1n) is 8.23. The lowest BCUT2D eigenvalue weighted by atomic mass is 9.85. The van der Waals surface area contributed by atoms with Crippen molar-refractivity contribution in [2.75, 3.05) is 0 Å². The van der Waals surface area contributed by atoms with Crippen LogP contribution in [0.2, 0.25) is 0 Å². The molecule has 2 aromatic heterocycles. The number of benzene rings is 2. The maximum absolute atomic E-state index is 13.0. The van der Waals surface area contributed by atoms with Crippen LogP contribution in [0.1, 0.15) is 20.7 Å². The molecular formula is C19H9N5O4. The van der Waals surface area contributed by atoms with Gasteiger partial charge in [0.05, 0.1) is 21.9 Å². The Hall–Kier alpha value is -4.27. The molecule has 1 aliphatic carbocycles. The number of rotatable bonds is 2. The number of carbonyl (C=O) groups is 2. The molecule has 0 spiro atoms. The number of aromatic nitrogens is 4. The molecule has 5 rings (SSSR count). The van der Waals surface area contributed by atoms with E-state index in [2.05, 4.69) is 15.1 Å². The monoisotopic (exact) mass is 371 g/mol. The topological polar surface area (TPSA) is 120 Å². The zero-order valence-electron chi connectivity index (χ0n) is 14.1. The van der Waals surface area contributed by atoms with Crippen molar-refractivity contribution in [3.8, 4) is 22.5 Å². The Balaban J connectivity index is 1.89. The predicted molar refractivity (Wildman–Crippen MR) is 97.0 cm³/mol. The van der Waals surface area contributed by atoms with Crippen molar-refractivity contribution in [2.45, 2.75) is 0 Å². The first-order valence-corrected chi connectivity index (χ1v) is 8.23. The highest BCUT2D eigenvalue weighted by molar-refractivity contribution is 6.53. The minimum absolute atomic E-state index is 0.0887. The van der Waals surface area contributed by atoms with Crippen molar-refractivity contribution in [2.24, 2.45) is 0 Å². The van der Waals surface area contributed by atoms with E-state index in [9.17, 15) is 19.7 Å². The van der Waals surface area contributed by atoms with Crippen molar-refractivity contribution >= 4 is 23.0 Å². The van der Waals surface area contributed by atoms with Gasteiger partial charge in [0.15, 0.2) is 0 Å². The van der Waals surface area contributed by atoms with Crippen molar-refractivity contribution in [3.63, 3.8) is 0 Å². The fourth-order valence-corrected chi connectivity index (χ4v) is 3.38. The fraction of sp³-hybridized carbons (Fsp3) is 0. The average molecular weight is 371 g/mol. The zero-order chi connectivity index (χ0) is 19.4. The van der Waals surface area contributed by atoms with Crippen LogP contribution < -0.4 is 0 Å². The predicted octanol–water partition coefficient (Wildman–Crippen LogP) is 2.75. The second-order valence-electron chi connectivity index (χ2n) is 6.16. The second-order valence-corrected chi connectivity index (χ2v) is 6.16. The number of fused-ring (bicyclic) bond motifs is 4. The summed E-state index contributed by atoms with van der Waals surface area (Å²) < 4.78 is 1.36. The maximum Gasteiger partial charge on any atom is 0.269 e. The number of ketones is 2. The van der Waals surface area contributed by atoms with Gasteiger partial charge in [0.25, 0.3) is 11.5 Å². The normalized spacial score (nSPS) is 12.7. The van der Waals surface area contributed by atoms with Gasteiger partial charge in [-0.15, -0.1) is 0 Å². The van der Waals surface area contributed by atoms with E-state index in [1.165, 1.54) is 35.1 Å². The molecule has 4 aromatic rings. The van der Waals surface area contributed by atoms with Crippen LogP contribution >= 0.6 is 0 Å². The van der Waals surface area contributed by atoms with Gasteiger partial charge < -0.3 is 0 Å². The molecule has 0 saturated carbocycles. The molecule has 134 valence electrons. The van der Waals surface area contributed by atoms with E-state index in [1.54, 1.807) is 24.3 Å². The van der Waals surface area contributed by atoms with E-state index in [4.69, 9.17) is 0 Å². The van der Waals surface area contributed by atoms with Crippen molar-refractivity contribution in [1.82, 2.24) is 19.6 Å². The summed E-state index contributed by atoms with van der Waals surface area (Å²) in [7, 11) is 0. The number of hydrogen-bond acceptors (Lipinski definition) is 7. The number of hydrogen-bond donors (Lipinski definition) is 0. The molecule has 9 heteroatoms. The van der Waals surface area contributed by atoms with Gasteiger partial charge in [0.2, 0.25) is 11.6 Å². The van der Waals surface area contributed by atoms with Gasteiger partial charge in [-0.3, -0.25) is 19.7 Å². The third kappa shape index (κ3) is 2.10. The van der Waals surface area contributed by atoms with Crippen LogP contribution in [0.4, 0.5) is 5.69 Å². The Morgan fingerprint density at radius 3 is 2.36 bits per heavy atom. The van der Waals surface area contributed by atoms with Crippen LogP contribution in [0.5, 0.6) is 0 Å². The molecule has 0 atom stereocenters. The number of nitrogens with zero attached hydrogens (tertiary/aromatic N) is 5. The molecule has 0 bridgehead atoms. The maximum atomic E-state index is 13.0. The number of Topliss-reactive ketones (excluding diaryl/α,β-unsaturated/α-hetero) is 2. The molecule has 1 aliphatic rings. The second kappa shape index (κ2) is 5.61. The summed E-state index contributed by atoms with van der Waals surface area (Å²) in [4.78, 5) is 44.6. The Labute approximate surface area is 156 Å². The molecule has 0 unspecified atom stereocenters. The van der Waals surface area contributed by atoms with E-state index in [0.29, 0.717) is 22.5 Å². The van der Waals surface area contributed by atoms with Crippen LogP contribution in [-0.4, -0.2) is 36.1 Å². The average Bonchev–Trinajstić information content (AvgIpc) is 3.19. The standard InChI is InChI=1S/C19H9N5O4/c25-17-13-4-2-1-3-12(13)15-14(18(17)26)16(23-19(22-15)20-9-21-23)10-5-7-11(8-6-10)24(27)28/h1-9H. The Bertz CT molecular complexity index is 1320. The first-order chi connectivity index (χ1) is 13.6. The lowest BCUT2D eigenvalue weighted by Crippen LogP contribution is -2.24. The molecule has 28 heavy (non-hydrogen) atoms. The van der Waals surface area contributed by atoms with Gasteiger partial charge in [0, 0.05) is 28.8 Å². The van der Waals surface area contributed by atoms with Gasteiger partial charge in [-0.1, -0.05) is 24.3 Å². The third-order valence-electron chi connectivity index (χ3n) is 4.64. The third-order valence-corrected chi connectivity index (χ3v) is 4.64. The van der Waals surface area contributed by atoms with E-state index in [1.807, 2.05) is 0 Å². The SMILES string of the molecule is O=C1C(=O)c2c(nc3ncnn3c2-c2ccc([N+](=O)[O-])cc2)-c2ccccc21. The van der Waals surface area contributed by atoms with E-state index >= 15 is 0 Å². The molecule has 0 saturated heterocycles. The van der Waals surface area contributed by atoms with Crippen LogP contribution in [0.3, 0.4) is 0 Å². The molecule has 0 amide bonds. The van der Waals surface area contributed by atoms with Crippen LogP contribution in [0.15, 0.2) is 54.9 Å². The number of non-ortho nitro benzene ring substituents is 1. The number of carbonyl (C=O) groups excluding carboxylic acids is 2. The zero-order valence-corrected chi connectivity index (χ0v) is 14.1. The van der Waals surface area contributed by atoms with E-state index in [0.717, 1.165) is 0 Å². The summed E-state index contributed by atoms with van der Waals surface area (Å²) >= 11 is 0. The quantitative estimate of drug-likeness (QED) is 0.302. The summed E-state index contributed by atoms with van der Waals surface area (Å²) in [5.74, 6) is -1.08. The molecule has 9 nitrogen and oxygen atoms in total. The van der Waals surface area contributed by atoms with Gasteiger partial charge in [-0.2, -0.15) is 14.6 Å². The first kappa shape index (κ1) is 15.9. The highest BCUT2D eigenvalue weighted by Crippen LogP contribution is 2.37. The van der Waals surface area contributed by atoms with E-state index in [-0.39, 0.29) is 22.6 Å². The summed E-state index contributed by atoms with van der Waals surface area (Å²) in [5.41, 5.74) is 1.99. The molecule has 0 N–H and O–H groups in total. The van der Waals surface area contributed by atoms with Gasteiger partial charge in [0.1, 0.15) is 6.33 Å². The molecule has 0 radical (unpaired) electrons. The highest BCUT2D eigenvalue weighted by Gasteiger charge is 2.35. The largest absolute Gasteiger partial charge is 0.285 e. The Kier molecular flexibility index (Phi) is 3.20. The smallest absolute Gasteiger partial charge is 0.269 e. The molecule has 2 aromatic carbocycles. The van der Waals surface area contributed by atoms with Crippen LogP contribution in [-0.2, 0) is 0 Å². The van der Waals surface area contributed by atoms with Crippen LogP contribution in [0, 0.1) is 10.1 Å². The summed E-state index contributed by atoms with van der Waals surface area (Å²) in [6.07, 6.45) is 1.29.